The molecule has 14 heavy (non-hydrogen) atoms. The molecule has 0 aromatic heterocycles. The molecule has 0 fully saturated rings. The van der Waals surface area contributed by atoms with E-state index in [9.17, 15) is 0 Å². The largest absolute Gasteiger partial charge is 0.400 e. The van der Waals surface area contributed by atoms with Crippen molar-refractivity contribution >= 4 is 9.28 Å². The van der Waals surface area contributed by atoms with Crippen LogP contribution in [0.1, 0.15) is 32.6 Å². The summed E-state index contributed by atoms with van der Waals surface area (Å²) in [5.41, 5.74) is 0. The number of hydrogen-bond acceptors (Lipinski definition) is 3. The van der Waals surface area contributed by atoms with E-state index in [-0.39, 0.29) is 5.92 Å². The quantitative estimate of drug-likeness (QED) is 0.460. The number of nitrogens with zero attached hydrogens (tertiary/aromatic N) is 1. The van der Waals surface area contributed by atoms with E-state index in [0.29, 0.717) is 0 Å². The van der Waals surface area contributed by atoms with Gasteiger partial charge in [-0.15, -0.1) is 0 Å². The summed E-state index contributed by atoms with van der Waals surface area (Å²) in [6, 6.07) is 3.15. The molecule has 1 unspecified atom stereocenters. The van der Waals surface area contributed by atoms with Crippen molar-refractivity contribution in [1.29, 1.82) is 5.26 Å². The van der Waals surface area contributed by atoms with Gasteiger partial charge in [-0.25, -0.2) is 0 Å². The van der Waals surface area contributed by atoms with Crippen LogP contribution in [0.4, 0.5) is 0 Å². The van der Waals surface area contributed by atoms with Gasteiger partial charge >= 0.3 is 9.28 Å². The van der Waals surface area contributed by atoms with E-state index in [4.69, 9.17) is 14.1 Å². The Morgan fingerprint density at radius 1 is 1.29 bits per heavy atom. The molecule has 0 amide bonds. The van der Waals surface area contributed by atoms with Crippen LogP contribution < -0.4 is 0 Å². The molecule has 0 aliphatic rings. The fourth-order valence-electron chi connectivity index (χ4n) is 1.40. The summed E-state index contributed by atoms with van der Waals surface area (Å²) in [6.07, 6.45) is 4.54. The van der Waals surface area contributed by atoms with Crippen LogP contribution in [0, 0.1) is 17.2 Å². The van der Waals surface area contributed by atoms with Crippen molar-refractivity contribution in [3.8, 4) is 6.07 Å². The molecule has 0 rings (SSSR count). The Kier molecular flexibility index (Phi) is 8.95. The van der Waals surface area contributed by atoms with Gasteiger partial charge in [0.25, 0.3) is 0 Å². The van der Waals surface area contributed by atoms with Crippen molar-refractivity contribution < 1.29 is 8.85 Å². The monoisotopic (exact) mass is 215 g/mol. The minimum absolute atomic E-state index is 0.123. The lowest BCUT2D eigenvalue weighted by molar-refractivity contribution is 0.272. The van der Waals surface area contributed by atoms with Crippen LogP contribution >= 0.6 is 0 Å². The first-order valence-corrected chi connectivity index (χ1v) is 6.99. The van der Waals surface area contributed by atoms with Crippen molar-refractivity contribution in [2.45, 2.75) is 38.7 Å². The summed E-state index contributed by atoms with van der Waals surface area (Å²) >= 11 is 0. The van der Waals surface area contributed by atoms with E-state index in [1.165, 1.54) is 12.8 Å². The maximum Gasteiger partial charge on any atom is 0.322 e. The molecule has 0 spiro atoms. The third kappa shape index (κ3) is 6.14. The van der Waals surface area contributed by atoms with Gasteiger partial charge < -0.3 is 8.85 Å². The Bertz CT molecular complexity index is 166. The molecule has 4 heteroatoms. The van der Waals surface area contributed by atoms with E-state index >= 15 is 0 Å². The first kappa shape index (κ1) is 13.6. The molecule has 0 aliphatic heterocycles. The Hall–Kier alpha value is -0.373. The maximum atomic E-state index is 8.93. The Morgan fingerprint density at radius 3 is 2.36 bits per heavy atom. The van der Waals surface area contributed by atoms with Gasteiger partial charge in [-0.05, 0) is 6.42 Å². The van der Waals surface area contributed by atoms with Gasteiger partial charge in [0.2, 0.25) is 0 Å². The molecule has 0 radical (unpaired) electrons. The van der Waals surface area contributed by atoms with Gasteiger partial charge in [0, 0.05) is 26.2 Å². The second-order valence-corrected chi connectivity index (χ2v) is 5.73. The summed E-state index contributed by atoms with van der Waals surface area (Å²) in [7, 11) is 1.79. The van der Waals surface area contributed by atoms with Gasteiger partial charge in [-0.3, -0.25) is 0 Å². The van der Waals surface area contributed by atoms with E-state index in [1.807, 2.05) is 0 Å². The average molecular weight is 215 g/mol. The molecule has 0 bridgehead atoms. The van der Waals surface area contributed by atoms with Crippen LogP contribution in [0.2, 0.25) is 6.04 Å². The third-order valence-corrected chi connectivity index (χ3v) is 4.35. The summed E-state index contributed by atoms with van der Waals surface area (Å²) in [5, 5.41) is 8.93. The van der Waals surface area contributed by atoms with Crippen molar-refractivity contribution in [1.82, 2.24) is 0 Å². The molecule has 0 saturated heterocycles. The van der Waals surface area contributed by atoms with Crippen molar-refractivity contribution in [2.75, 3.05) is 14.2 Å². The SMILES string of the molecule is CCCCCC(C#N)C[SiH](OC)OC. The molecule has 0 aromatic rings. The van der Waals surface area contributed by atoms with E-state index in [2.05, 4.69) is 13.0 Å². The molecular formula is C10H21NO2Si. The topological polar surface area (TPSA) is 42.2 Å². The number of nitriles is 1. The highest BCUT2D eigenvalue weighted by atomic mass is 28.3. The smallest absolute Gasteiger partial charge is 0.322 e. The predicted octanol–water partition coefficient (Wildman–Crippen LogP) is 2.22. The van der Waals surface area contributed by atoms with E-state index < -0.39 is 9.28 Å². The van der Waals surface area contributed by atoms with Crippen molar-refractivity contribution in [3.63, 3.8) is 0 Å². The highest BCUT2D eigenvalue weighted by Gasteiger charge is 2.17. The second kappa shape index (κ2) is 9.19. The third-order valence-electron chi connectivity index (χ3n) is 2.34. The lowest BCUT2D eigenvalue weighted by Gasteiger charge is -2.14. The van der Waals surface area contributed by atoms with E-state index in [1.54, 1.807) is 14.2 Å². The zero-order valence-electron chi connectivity index (χ0n) is 9.45. The molecule has 1 atom stereocenters. The first-order chi connectivity index (χ1) is 6.78. The minimum Gasteiger partial charge on any atom is -0.400 e. The Labute approximate surface area is 88.9 Å². The molecule has 0 saturated carbocycles. The maximum absolute atomic E-state index is 8.93. The number of hydrogen-bond donors (Lipinski definition) is 0. The van der Waals surface area contributed by atoms with Gasteiger partial charge in [0.05, 0.1) is 6.07 Å². The molecule has 0 N–H and O–H groups in total. The minimum atomic E-state index is -1.54. The highest BCUT2D eigenvalue weighted by molar-refractivity contribution is 6.44. The fourth-order valence-corrected chi connectivity index (χ4v) is 2.78. The zero-order chi connectivity index (χ0) is 10.8. The molecule has 0 aliphatic carbocycles. The molecule has 0 heterocycles. The van der Waals surface area contributed by atoms with Crippen LogP contribution in [0.3, 0.4) is 0 Å². The lowest BCUT2D eigenvalue weighted by atomic mass is 10.1. The normalized spacial score (nSPS) is 12.8. The Balaban J connectivity index is 3.73. The Morgan fingerprint density at radius 2 is 1.93 bits per heavy atom. The number of rotatable bonds is 8. The standard InChI is InChI=1S/C10H21NO2Si/c1-4-5-6-7-10(8-11)9-14(12-2)13-3/h10,14H,4-7,9H2,1-3H3. The molecule has 82 valence electrons. The van der Waals surface area contributed by atoms with Crippen LogP contribution in [0.25, 0.3) is 0 Å². The van der Waals surface area contributed by atoms with Crippen LogP contribution in [-0.2, 0) is 8.85 Å². The van der Waals surface area contributed by atoms with Crippen molar-refractivity contribution in [2.24, 2.45) is 5.92 Å². The first-order valence-electron chi connectivity index (χ1n) is 5.23. The van der Waals surface area contributed by atoms with Gasteiger partial charge in [0.1, 0.15) is 0 Å². The zero-order valence-corrected chi connectivity index (χ0v) is 10.6. The summed E-state index contributed by atoms with van der Waals surface area (Å²) in [4.78, 5) is 0. The lowest BCUT2D eigenvalue weighted by Crippen LogP contribution is -2.22. The molecule has 0 aromatic carbocycles. The molecular weight excluding hydrogens is 194 g/mol. The number of unbranched alkanes of at least 4 members (excludes halogenated alkanes) is 2. The van der Waals surface area contributed by atoms with Gasteiger partial charge in [-0.2, -0.15) is 5.26 Å². The van der Waals surface area contributed by atoms with E-state index in [0.717, 1.165) is 18.9 Å². The van der Waals surface area contributed by atoms with Gasteiger partial charge in [-0.1, -0.05) is 26.2 Å². The fraction of sp³-hybridized carbons (Fsp3) is 0.900. The van der Waals surface area contributed by atoms with Crippen LogP contribution in [0.5, 0.6) is 0 Å². The summed E-state index contributed by atoms with van der Waals surface area (Å²) in [5.74, 6) is 0.123. The summed E-state index contributed by atoms with van der Waals surface area (Å²) < 4.78 is 10.4. The average Bonchev–Trinajstić information content (AvgIpc) is 2.23. The van der Waals surface area contributed by atoms with Gasteiger partial charge in [0.15, 0.2) is 0 Å². The second-order valence-electron chi connectivity index (χ2n) is 3.46. The summed E-state index contributed by atoms with van der Waals surface area (Å²) in [6.45, 7) is 2.17. The van der Waals surface area contributed by atoms with Crippen LogP contribution in [0.15, 0.2) is 0 Å². The predicted molar refractivity (Wildman–Crippen MR) is 59.2 cm³/mol. The molecule has 3 nitrogen and oxygen atoms in total. The van der Waals surface area contributed by atoms with Crippen LogP contribution in [-0.4, -0.2) is 23.5 Å². The highest BCUT2D eigenvalue weighted by Crippen LogP contribution is 2.15. The van der Waals surface area contributed by atoms with Crippen molar-refractivity contribution in [3.05, 3.63) is 0 Å².